The van der Waals surface area contributed by atoms with Gasteiger partial charge in [-0.25, -0.2) is 4.98 Å². The zero-order valence-corrected chi connectivity index (χ0v) is 16.2. The van der Waals surface area contributed by atoms with Gasteiger partial charge >= 0.3 is 6.18 Å². The largest absolute Gasteiger partial charge is 0.433 e. The molecule has 0 radical (unpaired) electrons. The molecule has 0 unspecified atom stereocenters. The van der Waals surface area contributed by atoms with E-state index in [0.29, 0.717) is 10.9 Å². The van der Waals surface area contributed by atoms with Crippen molar-refractivity contribution < 1.29 is 13.2 Å². The standard InChI is InChI=1S/C21H21ClF3N3/c1-12(20-27-17-7-6-16(22)11-18(17)28-20)13-2-4-14(5-3-13)15-8-9-26-19(10-15)21(23,24)25/h6-14H,2-5H2,1H3,(H,27,28)/t12-,13-,14+/m1/s1. The number of nitrogens with one attached hydrogen (secondary N) is 1. The molecule has 28 heavy (non-hydrogen) atoms. The summed E-state index contributed by atoms with van der Waals surface area (Å²) in [4.78, 5) is 11.5. The van der Waals surface area contributed by atoms with Crippen molar-refractivity contribution >= 4 is 22.6 Å². The highest BCUT2D eigenvalue weighted by Crippen LogP contribution is 2.42. The summed E-state index contributed by atoms with van der Waals surface area (Å²) in [6.07, 6.45) is 0.559. The molecule has 1 aliphatic rings. The van der Waals surface area contributed by atoms with Crippen molar-refractivity contribution in [3.05, 3.63) is 58.6 Å². The van der Waals surface area contributed by atoms with Gasteiger partial charge in [-0.05, 0) is 73.4 Å². The summed E-state index contributed by atoms with van der Waals surface area (Å²) >= 11 is 6.05. The summed E-state index contributed by atoms with van der Waals surface area (Å²) in [6.45, 7) is 2.17. The minimum Gasteiger partial charge on any atom is -0.342 e. The van der Waals surface area contributed by atoms with E-state index in [1.165, 1.54) is 12.3 Å². The quantitative estimate of drug-likeness (QED) is 0.524. The van der Waals surface area contributed by atoms with Crippen molar-refractivity contribution in [3.63, 3.8) is 0 Å². The van der Waals surface area contributed by atoms with Crippen molar-refractivity contribution in [2.75, 3.05) is 0 Å². The highest BCUT2D eigenvalue weighted by Gasteiger charge is 2.34. The molecule has 3 aromatic rings. The van der Waals surface area contributed by atoms with E-state index in [0.717, 1.165) is 48.1 Å². The Balaban J connectivity index is 1.44. The molecule has 0 saturated heterocycles. The Bertz CT molecular complexity index is 974. The minimum absolute atomic E-state index is 0.155. The van der Waals surface area contributed by atoms with Gasteiger partial charge in [0.2, 0.25) is 0 Å². The lowest BCUT2D eigenvalue weighted by atomic mass is 9.74. The molecule has 0 amide bonds. The molecule has 1 aliphatic carbocycles. The molecule has 1 aromatic carbocycles. The van der Waals surface area contributed by atoms with Gasteiger partial charge in [0.25, 0.3) is 0 Å². The summed E-state index contributed by atoms with van der Waals surface area (Å²) in [5.74, 6) is 1.82. The van der Waals surface area contributed by atoms with E-state index in [-0.39, 0.29) is 11.8 Å². The summed E-state index contributed by atoms with van der Waals surface area (Å²) in [6, 6.07) is 8.53. The molecule has 0 spiro atoms. The first kappa shape index (κ1) is 19.2. The predicted octanol–water partition coefficient (Wildman–Crippen LogP) is 6.71. The number of aromatic nitrogens is 3. The van der Waals surface area contributed by atoms with E-state index < -0.39 is 11.9 Å². The van der Waals surface area contributed by atoms with Crippen LogP contribution in [0.2, 0.25) is 5.02 Å². The van der Waals surface area contributed by atoms with Gasteiger partial charge in [0.1, 0.15) is 11.5 Å². The first-order chi connectivity index (χ1) is 13.3. The number of H-pyrrole nitrogens is 1. The second kappa shape index (κ2) is 7.39. The zero-order chi connectivity index (χ0) is 19.9. The highest BCUT2D eigenvalue weighted by atomic mass is 35.5. The van der Waals surface area contributed by atoms with E-state index in [9.17, 15) is 13.2 Å². The van der Waals surface area contributed by atoms with Crippen LogP contribution in [0.4, 0.5) is 13.2 Å². The zero-order valence-electron chi connectivity index (χ0n) is 15.4. The van der Waals surface area contributed by atoms with Crippen LogP contribution in [0, 0.1) is 5.92 Å². The van der Waals surface area contributed by atoms with Crippen LogP contribution >= 0.6 is 11.6 Å². The predicted molar refractivity (Wildman–Crippen MR) is 103 cm³/mol. The number of hydrogen-bond donors (Lipinski definition) is 1. The lowest BCUT2D eigenvalue weighted by molar-refractivity contribution is -0.141. The number of pyridine rings is 1. The van der Waals surface area contributed by atoms with Crippen LogP contribution in [0.15, 0.2) is 36.5 Å². The average Bonchev–Trinajstić information content (AvgIpc) is 3.10. The maximum Gasteiger partial charge on any atom is 0.433 e. The number of fused-ring (bicyclic) bond motifs is 1. The van der Waals surface area contributed by atoms with Crippen LogP contribution in [0.1, 0.15) is 61.5 Å². The highest BCUT2D eigenvalue weighted by molar-refractivity contribution is 6.31. The van der Waals surface area contributed by atoms with Crippen molar-refractivity contribution in [1.82, 2.24) is 15.0 Å². The fourth-order valence-corrected chi connectivity index (χ4v) is 4.42. The number of hydrogen-bond acceptors (Lipinski definition) is 2. The monoisotopic (exact) mass is 407 g/mol. The molecule has 3 nitrogen and oxygen atoms in total. The van der Waals surface area contributed by atoms with Gasteiger partial charge in [0, 0.05) is 17.1 Å². The number of rotatable bonds is 3. The molecular weight excluding hydrogens is 387 g/mol. The van der Waals surface area contributed by atoms with E-state index in [2.05, 4.69) is 16.9 Å². The Morgan fingerprint density at radius 3 is 2.57 bits per heavy atom. The Morgan fingerprint density at radius 2 is 1.86 bits per heavy atom. The number of benzene rings is 1. The average molecular weight is 408 g/mol. The number of imidazole rings is 1. The first-order valence-electron chi connectivity index (χ1n) is 9.49. The fraction of sp³-hybridized carbons (Fsp3) is 0.429. The number of nitrogens with zero attached hydrogens (tertiary/aromatic N) is 2. The summed E-state index contributed by atoms with van der Waals surface area (Å²) in [5.41, 5.74) is 1.77. The number of aromatic amines is 1. The topological polar surface area (TPSA) is 41.6 Å². The van der Waals surface area contributed by atoms with Crippen LogP contribution < -0.4 is 0 Å². The van der Waals surface area contributed by atoms with Crippen molar-refractivity contribution in [3.8, 4) is 0 Å². The van der Waals surface area contributed by atoms with Crippen LogP contribution in [0.3, 0.4) is 0 Å². The third kappa shape index (κ3) is 3.88. The molecule has 0 aliphatic heterocycles. The molecule has 2 aromatic heterocycles. The van der Waals surface area contributed by atoms with E-state index in [4.69, 9.17) is 16.6 Å². The van der Waals surface area contributed by atoms with Crippen LogP contribution in [0.25, 0.3) is 11.0 Å². The van der Waals surface area contributed by atoms with Gasteiger partial charge in [-0.2, -0.15) is 13.2 Å². The second-order valence-corrected chi connectivity index (χ2v) is 8.09. The minimum atomic E-state index is -4.40. The van der Waals surface area contributed by atoms with E-state index >= 15 is 0 Å². The number of halogens is 4. The summed E-state index contributed by atoms with van der Waals surface area (Å²) in [7, 11) is 0. The van der Waals surface area contributed by atoms with Gasteiger partial charge in [-0.3, -0.25) is 4.98 Å². The molecule has 1 fully saturated rings. The molecule has 148 valence electrons. The molecule has 7 heteroatoms. The fourth-order valence-electron chi connectivity index (χ4n) is 4.25. The van der Waals surface area contributed by atoms with E-state index in [1.54, 1.807) is 6.07 Å². The molecule has 1 N–H and O–H groups in total. The SMILES string of the molecule is C[C@@H](c1nc2ccc(Cl)cc2[nH]1)[C@H]1CC[C@@H](c2ccnc(C(F)(F)F)c2)CC1. The van der Waals surface area contributed by atoms with Gasteiger partial charge in [-0.15, -0.1) is 0 Å². The Labute approximate surface area is 166 Å². The molecule has 0 bridgehead atoms. The normalized spacial score (nSPS) is 21.8. The van der Waals surface area contributed by atoms with Gasteiger partial charge in [0.15, 0.2) is 0 Å². The Morgan fingerprint density at radius 1 is 1.11 bits per heavy atom. The van der Waals surface area contributed by atoms with Crippen molar-refractivity contribution in [2.24, 2.45) is 5.92 Å². The van der Waals surface area contributed by atoms with E-state index in [1.807, 2.05) is 18.2 Å². The smallest absolute Gasteiger partial charge is 0.342 e. The van der Waals surface area contributed by atoms with Crippen molar-refractivity contribution in [2.45, 2.75) is 50.6 Å². The second-order valence-electron chi connectivity index (χ2n) is 7.66. The van der Waals surface area contributed by atoms with Crippen molar-refractivity contribution in [1.29, 1.82) is 0 Å². The molecule has 1 saturated carbocycles. The Hall–Kier alpha value is -2.08. The Kier molecular flexibility index (Phi) is 5.08. The number of alkyl halides is 3. The molecular formula is C21H21ClF3N3. The summed E-state index contributed by atoms with van der Waals surface area (Å²) in [5, 5.41) is 0.673. The third-order valence-electron chi connectivity index (χ3n) is 5.92. The summed E-state index contributed by atoms with van der Waals surface area (Å²) < 4.78 is 38.8. The van der Waals surface area contributed by atoms with Crippen LogP contribution in [0.5, 0.6) is 0 Å². The van der Waals surface area contributed by atoms with Crippen LogP contribution in [-0.4, -0.2) is 15.0 Å². The van der Waals surface area contributed by atoms with Gasteiger partial charge < -0.3 is 4.98 Å². The van der Waals surface area contributed by atoms with Crippen LogP contribution in [-0.2, 0) is 6.18 Å². The first-order valence-corrected chi connectivity index (χ1v) is 9.87. The third-order valence-corrected chi connectivity index (χ3v) is 6.15. The van der Waals surface area contributed by atoms with Gasteiger partial charge in [0.05, 0.1) is 11.0 Å². The molecule has 4 rings (SSSR count). The van der Waals surface area contributed by atoms with Gasteiger partial charge in [-0.1, -0.05) is 18.5 Å². The lowest BCUT2D eigenvalue weighted by Crippen LogP contribution is -2.19. The maximum atomic E-state index is 12.9. The molecule has 2 heterocycles. The maximum absolute atomic E-state index is 12.9. The lowest BCUT2D eigenvalue weighted by Gasteiger charge is -2.32. The molecule has 1 atom stereocenters.